The summed E-state index contributed by atoms with van der Waals surface area (Å²) in [6.07, 6.45) is 0. The van der Waals surface area contributed by atoms with Crippen LogP contribution in [-0.2, 0) is 0 Å². The van der Waals surface area contributed by atoms with E-state index in [1.54, 1.807) is 0 Å². The first-order chi connectivity index (χ1) is 27.7. The molecule has 2 heteroatoms. The van der Waals surface area contributed by atoms with E-state index in [0.717, 1.165) is 43.8 Å². The third kappa shape index (κ3) is 4.31. The van der Waals surface area contributed by atoms with Crippen molar-refractivity contribution in [3.63, 3.8) is 0 Å². The van der Waals surface area contributed by atoms with Crippen LogP contribution in [0, 0.1) is 0 Å². The number of benzene rings is 9. The molecule has 1 heterocycles. The van der Waals surface area contributed by atoms with Gasteiger partial charge in [0.15, 0.2) is 0 Å². The molecule has 49 heavy (non-hydrogen) atoms. The lowest BCUT2D eigenvalue weighted by atomic mass is 9.84. The van der Waals surface area contributed by atoms with Crippen LogP contribution in [0.1, 0.15) is 11.0 Å². The van der Waals surface area contributed by atoms with Crippen molar-refractivity contribution in [1.82, 2.24) is 9.55 Å². The van der Waals surface area contributed by atoms with Gasteiger partial charge in [0, 0.05) is 11.3 Å². The molecule has 0 aliphatic carbocycles. The second-order valence-corrected chi connectivity index (χ2v) is 12.1. The summed E-state index contributed by atoms with van der Waals surface area (Å²) in [5.74, 6) is 0.700. The Kier molecular flexibility index (Phi) is 4.66. The lowest BCUT2D eigenvalue weighted by Gasteiger charge is -2.19. The van der Waals surface area contributed by atoms with E-state index in [1.165, 1.54) is 0 Å². The van der Waals surface area contributed by atoms with Gasteiger partial charge in [-0.15, -0.1) is 0 Å². The van der Waals surface area contributed by atoms with Crippen LogP contribution in [0.2, 0.25) is 0 Å². The maximum Gasteiger partial charge on any atom is 0.145 e. The number of imidazole rings is 1. The maximum atomic E-state index is 9.45. The van der Waals surface area contributed by atoms with Gasteiger partial charge in [-0.3, -0.25) is 4.57 Å². The number of hydrogen-bond acceptors (Lipinski definition) is 1. The molecule has 2 nitrogen and oxygen atoms in total. The predicted molar refractivity (Wildman–Crippen MR) is 207 cm³/mol. The third-order valence-corrected chi connectivity index (χ3v) is 9.42. The Bertz CT molecular complexity index is 3240. The number of hydrogen-bond donors (Lipinski definition) is 0. The Morgan fingerprint density at radius 3 is 1.71 bits per heavy atom. The Morgan fingerprint density at radius 1 is 0.449 bits per heavy atom. The van der Waals surface area contributed by atoms with E-state index in [2.05, 4.69) is 4.57 Å². The fourth-order valence-electron chi connectivity index (χ4n) is 7.29. The molecule has 0 radical (unpaired) electrons. The summed E-state index contributed by atoms with van der Waals surface area (Å²) in [6, 6.07) is 40.1. The lowest BCUT2D eigenvalue weighted by molar-refractivity contribution is 1.10. The van der Waals surface area contributed by atoms with E-state index in [-0.39, 0.29) is 45.7 Å². The summed E-state index contributed by atoms with van der Waals surface area (Å²) >= 11 is 0. The average molecular weight is 631 g/mol. The van der Waals surface area contributed by atoms with Crippen molar-refractivity contribution >= 4 is 54.1 Å². The van der Waals surface area contributed by atoms with Crippen LogP contribution in [-0.4, -0.2) is 9.55 Å². The van der Waals surface area contributed by atoms with Gasteiger partial charge in [-0.25, -0.2) is 4.98 Å². The Morgan fingerprint density at radius 2 is 1.00 bits per heavy atom. The molecule has 0 saturated heterocycles. The van der Waals surface area contributed by atoms with Gasteiger partial charge < -0.3 is 0 Å². The smallest absolute Gasteiger partial charge is 0.145 e. The Balaban J connectivity index is 1.35. The second-order valence-electron chi connectivity index (χ2n) is 12.1. The van der Waals surface area contributed by atoms with Gasteiger partial charge in [0.25, 0.3) is 0 Å². The number of nitrogens with zero attached hydrogens (tertiary/aromatic N) is 2. The highest BCUT2D eigenvalue weighted by atomic mass is 15.1. The van der Waals surface area contributed by atoms with Crippen LogP contribution < -0.4 is 0 Å². The molecular formula is C47H30N2. The molecule has 0 saturated carbocycles. The highest BCUT2D eigenvalue weighted by molar-refractivity contribution is 6.25. The van der Waals surface area contributed by atoms with Crippen LogP contribution in [0.15, 0.2) is 182 Å². The predicted octanol–water partition coefficient (Wildman–Crippen LogP) is 12.6. The quantitative estimate of drug-likeness (QED) is 0.140. The highest BCUT2D eigenvalue weighted by Gasteiger charge is 2.20. The molecule has 0 aliphatic rings. The summed E-state index contributed by atoms with van der Waals surface area (Å²) in [6.45, 7) is 0. The van der Waals surface area contributed by atoms with E-state index in [9.17, 15) is 5.48 Å². The molecule has 0 fully saturated rings. The zero-order valence-electron chi connectivity index (χ0n) is 34.1. The SMILES string of the molecule is [2H]c1c([2H])c([2H])c2c(-c3cc4ccccc4c4ccccc34)c3c([2H])c([2H])c([2H])c([2H])c3c(-c3ccc(-c4nc5ccccc5n4-c4ccccc4)cc3)c2c1[2H]. The van der Waals surface area contributed by atoms with Gasteiger partial charge in [0.1, 0.15) is 5.82 Å². The fraction of sp³-hybridized carbons (Fsp3) is 0. The minimum Gasteiger partial charge on any atom is -0.292 e. The van der Waals surface area contributed by atoms with Crippen LogP contribution in [0.4, 0.5) is 0 Å². The molecule has 10 rings (SSSR count). The summed E-state index contributed by atoms with van der Waals surface area (Å²) in [4.78, 5) is 5.01. The van der Waals surface area contributed by atoms with Crippen molar-refractivity contribution in [2.24, 2.45) is 0 Å². The highest BCUT2D eigenvalue weighted by Crippen LogP contribution is 2.46. The molecule has 0 N–H and O–H groups in total. The third-order valence-electron chi connectivity index (χ3n) is 9.42. The molecule has 0 bridgehead atoms. The molecule has 9 aromatic carbocycles. The first-order valence-electron chi connectivity index (χ1n) is 20.2. The number of para-hydroxylation sites is 3. The molecule has 228 valence electrons. The fourth-order valence-corrected chi connectivity index (χ4v) is 7.29. The van der Waals surface area contributed by atoms with Gasteiger partial charge in [0.2, 0.25) is 0 Å². The normalized spacial score (nSPS) is 14.0. The van der Waals surface area contributed by atoms with Gasteiger partial charge in [0.05, 0.1) is 22.0 Å². The topological polar surface area (TPSA) is 17.8 Å². The van der Waals surface area contributed by atoms with Crippen LogP contribution in [0.25, 0.3) is 93.5 Å². The Labute approximate surface area is 295 Å². The minimum absolute atomic E-state index is 0.176. The van der Waals surface area contributed by atoms with Crippen LogP contribution in [0.3, 0.4) is 0 Å². The van der Waals surface area contributed by atoms with Crippen LogP contribution >= 0.6 is 0 Å². The molecule has 0 amide bonds. The molecular weight excluding hydrogens is 593 g/mol. The molecule has 1 aromatic heterocycles. The summed E-state index contributed by atoms with van der Waals surface area (Å²) in [5, 5.41) is 4.30. The molecule has 10 aromatic rings. The summed E-state index contributed by atoms with van der Waals surface area (Å²) < 4.78 is 75.4. The van der Waals surface area contributed by atoms with Crippen molar-refractivity contribution in [2.75, 3.05) is 0 Å². The Hall–Kier alpha value is -6.51. The van der Waals surface area contributed by atoms with Crippen LogP contribution in [0.5, 0.6) is 0 Å². The molecule has 0 unspecified atom stereocenters. The lowest BCUT2D eigenvalue weighted by Crippen LogP contribution is -1.97. The van der Waals surface area contributed by atoms with Crippen molar-refractivity contribution in [3.05, 3.63) is 182 Å². The van der Waals surface area contributed by atoms with Gasteiger partial charge in [-0.2, -0.15) is 0 Å². The molecule has 0 spiro atoms. The number of rotatable bonds is 4. The minimum atomic E-state index is -0.434. The maximum absolute atomic E-state index is 9.45. The van der Waals surface area contributed by atoms with Crippen molar-refractivity contribution in [3.8, 4) is 39.3 Å². The summed E-state index contributed by atoms with van der Waals surface area (Å²) in [5.41, 5.74) is 5.25. The van der Waals surface area contributed by atoms with E-state index < -0.39 is 24.2 Å². The zero-order valence-corrected chi connectivity index (χ0v) is 26.1. The van der Waals surface area contributed by atoms with Gasteiger partial charge >= 0.3 is 0 Å². The number of aromatic nitrogens is 2. The summed E-state index contributed by atoms with van der Waals surface area (Å²) in [7, 11) is 0. The van der Waals surface area contributed by atoms with E-state index >= 15 is 0 Å². The standard InChI is InChI=1S/C47H30N2/c1-2-15-34(16-3-1)49-44-25-13-12-24-43(44)48-47(49)32-28-26-31(27-29-32)45-38-20-8-10-22-40(38)46(41-23-11-9-21-39(41)45)42-30-33-14-4-5-17-35(33)36-18-6-7-19-37(36)42/h1-30H/i8D,9D,10D,11D,20D,21D,22D,23D. The zero-order chi connectivity index (χ0) is 39.3. The van der Waals surface area contributed by atoms with Crippen molar-refractivity contribution in [1.29, 1.82) is 0 Å². The molecule has 0 aliphatic heterocycles. The second kappa shape index (κ2) is 11.0. The van der Waals surface area contributed by atoms with Crippen molar-refractivity contribution < 1.29 is 11.0 Å². The van der Waals surface area contributed by atoms with Gasteiger partial charge in [-0.1, -0.05) is 151 Å². The average Bonchev–Trinajstić information content (AvgIpc) is 3.65. The first-order valence-corrected chi connectivity index (χ1v) is 16.2. The first kappa shape index (κ1) is 20.7. The van der Waals surface area contributed by atoms with Crippen molar-refractivity contribution in [2.45, 2.75) is 0 Å². The van der Waals surface area contributed by atoms with E-state index in [1.807, 2.05) is 133 Å². The van der Waals surface area contributed by atoms with Gasteiger partial charge in [-0.05, 0) is 95.7 Å². The largest absolute Gasteiger partial charge is 0.292 e. The monoisotopic (exact) mass is 630 g/mol. The number of fused-ring (bicyclic) bond motifs is 6. The van der Waals surface area contributed by atoms with E-state index in [0.29, 0.717) is 28.1 Å². The van der Waals surface area contributed by atoms with E-state index in [4.69, 9.17) is 10.5 Å². The molecule has 0 atom stereocenters.